The third-order valence-electron chi connectivity index (χ3n) is 3.12. The molecule has 1 aliphatic rings. The van der Waals surface area contributed by atoms with Gasteiger partial charge in [0.1, 0.15) is 4.99 Å². The van der Waals surface area contributed by atoms with Crippen LogP contribution in [-0.2, 0) is 0 Å². The van der Waals surface area contributed by atoms with Crippen LogP contribution in [0.4, 0.5) is 10.5 Å². The fourth-order valence-electron chi connectivity index (χ4n) is 2.14. The summed E-state index contributed by atoms with van der Waals surface area (Å²) < 4.78 is 0. The number of nitrogens with one attached hydrogen (secondary N) is 2. The fourth-order valence-corrected chi connectivity index (χ4v) is 2.28. The lowest BCUT2D eigenvalue weighted by molar-refractivity contribution is 0.248. The van der Waals surface area contributed by atoms with Gasteiger partial charge < -0.3 is 16.4 Å². The van der Waals surface area contributed by atoms with Gasteiger partial charge in [0.15, 0.2) is 0 Å². The molecule has 4 N–H and O–H groups in total. The summed E-state index contributed by atoms with van der Waals surface area (Å²) in [6.45, 7) is 0. The minimum atomic E-state index is -0.148. The summed E-state index contributed by atoms with van der Waals surface area (Å²) in [6, 6.07) is 7.36. The second-order valence-electron chi connectivity index (χ2n) is 4.52. The topological polar surface area (TPSA) is 67.1 Å². The van der Waals surface area contributed by atoms with Crippen molar-refractivity contribution in [1.29, 1.82) is 0 Å². The van der Waals surface area contributed by atoms with Gasteiger partial charge in [-0.05, 0) is 37.1 Å². The van der Waals surface area contributed by atoms with Crippen LogP contribution >= 0.6 is 12.2 Å². The Balaban J connectivity index is 1.88. The van der Waals surface area contributed by atoms with Gasteiger partial charge in [0.25, 0.3) is 0 Å². The maximum absolute atomic E-state index is 11.7. The van der Waals surface area contributed by atoms with E-state index in [1.54, 1.807) is 24.3 Å². The van der Waals surface area contributed by atoms with Crippen molar-refractivity contribution >= 4 is 28.9 Å². The lowest BCUT2D eigenvalue weighted by atomic mass is 10.2. The second kappa shape index (κ2) is 5.82. The number of anilines is 1. The standard InChI is InChI=1S/C13H17N3OS/c14-12(18)9-5-7-11(8-6-9)16-13(17)15-10-3-1-2-4-10/h5-8,10H,1-4H2,(H2,14,18)(H2,15,16,17). The van der Waals surface area contributed by atoms with Crippen molar-refractivity contribution in [2.45, 2.75) is 31.7 Å². The van der Waals surface area contributed by atoms with Crippen LogP contribution in [0.2, 0.25) is 0 Å². The van der Waals surface area contributed by atoms with Gasteiger partial charge in [0, 0.05) is 17.3 Å². The number of urea groups is 1. The van der Waals surface area contributed by atoms with Crippen molar-refractivity contribution in [3.8, 4) is 0 Å². The van der Waals surface area contributed by atoms with E-state index in [2.05, 4.69) is 10.6 Å². The smallest absolute Gasteiger partial charge is 0.319 e. The number of hydrogen-bond acceptors (Lipinski definition) is 2. The van der Waals surface area contributed by atoms with E-state index in [1.165, 1.54) is 12.8 Å². The van der Waals surface area contributed by atoms with Gasteiger partial charge in [0.05, 0.1) is 0 Å². The lowest BCUT2D eigenvalue weighted by Gasteiger charge is -2.13. The van der Waals surface area contributed by atoms with Crippen LogP contribution in [0.3, 0.4) is 0 Å². The number of rotatable bonds is 3. The molecule has 0 spiro atoms. The summed E-state index contributed by atoms with van der Waals surface area (Å²) in [5.74, 6) is 0. The van der Waals surface area contributed by atoms with Gasteiger partial charge in [-0.15, -0.1) is 0 Å². The van der Waals surface area contributed by atoms with Crippen LogP contribution in [0.15, 0.2) is 24.3 Å². The van der Waals surface area contributed by atoms with Gasteiger partial charge in [-0.1, -0.05) is 25.1 Å². The number of benzene rings is 1. The first-order valence-corrected chi connectivity index (χ1v) is 6.53. The van der Waals surface area contributed by atoms with Crippen molar-refractivity contribution in [3.63, 3.8) is 0 Å². The van der Waals surface area contributed by atoms with E-state index in [1.807, 2.05) is 0 Å². The zero-order valence-electron chi connectivity index (χ0n) is 10.1. The fraction of sp³-hybridized carbons (Fsp3) is 0.385. The van der Waals surface area contributed by atoms with E-state index in [4.69, 9.17) is 18.0 Å². The van der Waals surface area contributed by atoms with Crippen molar-refractivity contribution in [1.82, 2.24) is 5.32 Å². The molecule has 0 aliphatic heterocycles. The highest BCUT2D eigenvalue weighted by atomic mass is 32.1. The Labute approximate surface area is 112 Å². The molecule has 0 heterocycles. The highest BCUT2D eigenvalue weighted by Crippen LogP contribution is 2.17. The Morgan fingerprint density at radius 2 is 1.83 bits per heavy atom. The van der Waals surface area contributed by atoms with Crippen LogP contribution in [0.1, 0.15) is 31.2 Å². The average molecular weight is 263 g/mol. The quantitative estimate of drug-likeness (QED) is 0.733. The molecule has 1 saturated carbocycles. The van der Waals surface area contributed by atoms with Crippen LogP contribution in [0.5, 0.6) is 0 Å². The Kier molecular flexibility index (Phi) is 4.15. The molecule has 1 aromatic carbocycles. The molecule has 0 aromatic heterocycles. The van der Waals surface area contributed by atoms with E-state index in [0.717, 1.165) is 24.1 Å². The first-order chi connectivity index (χ1) is 8.65. The Bertz CT molecular complexity index is 438. The molecule has 96 valence electrons. The monoisotopic (exact) mass is 263 g/mol. The van der Waals surface area contributed by atoms with Crippen LogP contribution in [0.25, 0.3) is 0 Å². The summed E-state index contributed by atoms with van der Waals surface area (Å²) in [7, 11) is 0. The minimum Gasteiger partial charge on any atom is -0.389 e. The molecule has 2 rings (SSSR count). The first-order valence-electron chi connectivity index (χ1n) is 6.12. The first kappa shape index (κ1) is 12.8. The Morgan fingerprint density at radius 3 is 2.39 bits per heavy atom. The van der Waals surface area contributed by atoms with Gasteiger partial charge in [-0.2, -0.15) is 0 Å². The van der Waals surface area contributed by atoms with E-state index < -0.39 is 0 Å². The number of amides is 2. The average Bonchev–Trinajstić information content (AvgIpc) is 2.82. The summed E-state index contributed by atoms with van der Waals surface area (Å²) in [5, 5.41) is 5.76. The highest BCUT2D eigenvalue weighted by molar-refractivity contribution is 7.80. The predicted molar refractivity (Wildman–Crippen MR) is 76.7 cm³/mol. The van der Waals surface area contributed by atoms with Crippen LogP contribution < -0.4 is 16.4 Å². The van der Waals surface area contributed by atoms with Gasteiger partial charge in [0.2, 0.25) is 0 Å². The maximum atomic E-state index is 11.7. The molecular formula is C13H17N3OS. The molecule has 4 nitrogen and oxygen atoms in total. The van der Waals surface area contributed by atoms with E-state index >= 15 is 0 Å². The second-order valence-corrected chi connectivity index (χ2v) is 4.96. The Morgan fingerprint density at radius 1 is 1.22 bits per heavy atom. The zero-order valence-corrected chi connectivity index (χ0v) is 10.9. The molecule has 1 fully saturated rings. The molecule has 0 saturated heterocycles. The number of carbonyl (C=O) groups is 1. The molecule has 0 atom stereocenters. The Hall–Kier alpha value is -1.62. The third kappa shape index (κ3) is 3.43. The predicted octanol–water partition coefficient (Wildman–Crippen LogP) is 2.38. The van der Waals surface area contributed by atoms with Crippen molar-refractivity contribution in [2.75, 3.05) is 5.32 Å². The highest BCUT2D eigenvalue weighted by Gasteiger charge is 2.16. The summed E-state index contributed by atoms with van der Waals surface area (Å²) in [6.07, 6.45) is 4.56. The van der Waals surface area contributed by atoms with Crippen LogP contribution in [-0.4, -0.2) is 17.1 Å². The van der Waals surface area contributed by atoms with E-state index in [-0.39, 0.29) is 6.03 Å². The minimum absolute atomic E-state index is 0.148. The molecule has 0 radical (unpaired) electrons. The largest absolute Gasteiger partial charge is 0.389 e. The van der Waals surface area contributed by atoms with Crippen molar-refractivity contribution in [2.24, 2.45) is 5.73 Å². The number of thiocarbonyl (C=S) groups is 1. The van der Waals surface area contributed by atoms with Crippen LogP contribution in [0, 0.1) is 0 Å². The van der Waals surface area contributed by atoms with Crippen molar-refractivity contribution < 1.29 is 4.79 Å². The van der Waals surface area contributed by atoms with E-state index in [9.17, 15) is 4.79 Å². The molecule has 0 bridgehead atoms. The number of carbonyl (C=O) groups excluding carboxylic acids is 1. The number of hydrogen-bond donors (Lipinski definition) is 3. The summed E-state index contributed by atoms with van der Waals surface area (Å²) >= 11 is 4.87. The molecule has 5 heteroatoms. The zero-order chi connectivity index (χ0) is 13.0. The SMILES string of the molecule is NC(=S)c1ccc(NC(=O)NC2CCCC2)cc1. The molecule has 1 aliphatic carbocycles. The van der Waals surface area contributed by atoms with Gasteiger partial charge >= 0.3 is 6.03 Å². The normalized spacial score (nSPS) is 15.3. The number of nitrogens with two attached hydrogens (primary N) is 1. The van der Waals surface area contributed by atoms with Gasteiger partial charge in [-0.3, -0.25) is 0 Å². The third-order valence-corrected chi connectivity index (χ3v) is 3.35. The molecule has 2 amide bonds. The maximum Gasteiger partial charge on any atom is 0.319 e. The molecule has 1 aromatic rings. The molecular weight excluding hydrogens is 246 g/mol. The lowest BCUT2D eigenvalue weighted by Crippen LogP contribution is -2.36. The molecule has 0 unspecified atom stereocenters. The van der Waals surface area contributed by atoms with E-state index in [0.29, 0.717) is 11.0 Å². The summed E-state index contributed by atoms with van der Waals surface area (Å²) in [4.78, 5) is 12.1. The van der Waals surface area contributed by atoms with Crippen molar-refractivity contribution in [3.05, 3.63) is 29.8 Å². The molecule has 18 heavy (non-hydrogen) atoms. The summed E-state index contributed by atoms with van der Waals surface area (Å²) in [5.41, 5.74) is 7.04. The van der Waals surface area contributed by atoms with Gasteiger partial charge in [-0.25, -0.2) is 4.79 Å².